The lowest BCUT2D eigenvalue weighted by Gasteiger charge is -2.36. The van der Waals surface area contributed by atoms with Crippen molar-refractivity contribution in [3.05, 3.63) is 89.4 Å². The van der Waals surface area contributed by atoms with Crippen LogP contribution in [0.2, 0.25) is 0 Å². The van der Waals surface area contributed by atoms with E-state index in [-0.39, 0.29) is 36.8 Å². The Labute approximate surface area is 334 Å². The third-order valence-electron chi connectivity index (χ3n) is 10.6. The molecular formula is C40H44F3N7O7S. The van der Waals surface area contributed by atoms with E-state index in [2.05, 4.69) is 24.9 Å². The number of anilines is 2. The van der Waals surface area contributed by atoms with Crippen LogP contribution in [-0.4, -0.2) is 109 Å². The normalized spacial score (nSPS) is 17.6. The molecule has 3 atom stereocenters. The molecule has 0 saturated carbocycles. The van der Waals surface area contributed by atoms with E-state index in [1.165, 1.54) is 6.20 Å². The number of aliphatic carboxylic acids is 1. The van der Waals surface area contributed by atoms with E-state index >= 15 is 8.78 Å². The van der Waals surface area contributed by atoms with Crippen molar-refractivity contribution in [3.63, 3.8) is 0 Å². The fourth-order valence-corrected chi connectivity index (χ4v) is 8.17. The third-order valence-corrected chi connectivity index (χ3v) is 11.3. The maximum Gasteiger partial charge on any atom is 0.314 e. The number of carbonyl (C=O) groups is 2. The first-order chi connectivity index (χ1) is 27.9. The number of carbonyl (C=O) groups excluding carboxylic acids is 1. The summed E-state index contributed by atoms with van der Waals surface area (Å²) >= 11 is -2.82. The Hall–Kier alpha value is -5.30. The molecule has 18 heteroatoms. The quantitative estimate of drug-likeness (QED) is 0.0567. The highest BCUT2D eigenvalue weighted by molar-refractivity contribution is 7.80. The second-order valence-electron chi connectivity index (χ2n) is 14.8. The maximum absolute atomic E-state index is 16.0. The van der Waals surface area contributed by atoms with Crippen LogP contribution in [0.15, 0.2) is 65.4 Å². The number of hydrazine groups is 1. The lowest BCUT2D eigenvalue weighted by molar-refractivity contribution is -0.140. The molecule has 0 amide bonds. The van der Waals surface area contributed by atoms with E-state index < -0.39 is 58.0 Å². The number of pyridine rings is 1. The summed E-state index contributed by atoms with van der Waals surface area (Å²) in [6.45, 7) is 8.24. The predicted octanol–water partition coefficient (Wildman–Crippen LogP) is 6.43. The molecule has 2 aliphatic heterocycles. The van der Waals surface area contributed by atoms with Crippen LogP contribution in [0.25, 0.3) is 22.2 Å². The average molecular weight is 824 g/mol. The van der Waals surface area contributed by atoms with Crippen LogP contribution in [-0.2, 0) is 16.1 Å². The van der Waals surface area contributed by atoms with Crippen LogP contribution in [0.1, 0.15) is 60.7 Å². The van der Waals surface area contributed by atoms with Gasteiger partial charge in [-0.2, -0.15) is 4.41 Å². The van der Waals surface area contributed by atoms with Crippen LogP contribution in [0, 0.1) is 17.6 Å². The van der Waals surface area contributed by atoms with Crippen molar-refractivity contribution in [1.82, 2.24) is 25.0 Å². The number of ketones is 1. The standard InChI is InChI=1S/C40H44F3N7O7S/c1-24(2)35(40(52)53)33-20-34(46-57-33)56-18-4-3-12-47-14-16-48(17-15-47)28-7-5-25(6-8-28)26-19-29-30(22-45-39(29)44-21-26)38(51)36-31(42)9-10-32(37(36)43)50(58(54)55)49-13-11-27(41)23-49/h5-10,19-22,24,27,35H,3-4,11-18,23H2,1-2H3,(H,44,45)(H,52,53)(H,54,55)/t27-,35?/m1/s1. The monoisotopic (exact) mass is 823 g/mol. The number of alkyl halides is 1. The van der Waals surface area contributed by atoms with E-state index in [9.17, 15) is 27.8 Å². The zero-order valence-corrected chi connectivity index (χ0v) is 32.8. The number of carboxylic acids is 1. The number of benzene rings is 2. The molecule has 3 N–H and O–H groups in total. The molecule has 0 radical (unpaired) electrons. The number of nitrogens with zero attached hydrogens (tertiary/aromatic N) is 6. The van der Waals surface area contributed by atoms with Gasteiger partial charge in [-0.1, -0.05) is 26.0 Å². The van der Waals surface area contributed by atoms with Gasteiger partial charge >= 0.3 is 5.97 Å². The predicted molar refractivity (Wildman–Crippen MR) is 211 cm³/mol. The number of halogens is 3. The van der Waals surface area contributed by atoms with Gasteiger partial charge in [0.2, 0.25) is 5.78 Å². The molecule has 308 valence electrons. The number of hydrogen-bond donors (Lipinski definition) is 3. The number of unbranched alkanes of at least 4 members (excludes halogenated alkanes) is 1. The fourth-order valence-electron chi connectivity index (χ4n) is 7.51. The summed E-state index contributed by atoms with van der Waals surface area (Å²) in [5.74, 6) is -4.78. The molecule has 3 aromatic heterocycles. The van der Waals surface area contributed by atoms with Crippen molar-refractivity contribution in [1.29, 1.82) is 0 Å². The number of carboxylic acid groups (broad SMARTS) is 1. The van der Waals surface area contributed by atoms with Gasteiger partial charge in [-0.25, -0.2) is 27.4 Å². The van der Waals surface area contributed by atoms with Crippen molar-refractivity contribution in [2.24, 2.45) is 5.92 Å². The first kappa shape index (κ1) is 40.9. The minimum atomic E-state index is -2.82. The molecule has 58 heavy (non-hydrogen) atoms. The number of H-pyrrole nitrogens is 1. The van der Waals surface area contributed by atoms with E-state index in [0.29, 0.717) is 33.5 Å². The van der Waals surface area contributed by atoms with E-state index in [1.54, 1.807) is 18.3 Å². The van der Waals surface area contributed by atoms with Gasteiger partial charge < -0.3 is 24.3 Å². The van der Waals surface area contributed by atoms with Gasteiger partial charge in [0, 0.05) is 73.4 Å². The van der Waals surface area contributed by atoms with Gasteiger partial charge in [-0.3, -0.25) is 19.0 Å². The fraction of sp³-hybridized carbons (Fsp3) is 0.400. The lowest BCUT2D eigenvalue weighted by Crippen LogP contribution is -2.46. The maximum atomic E-state index is 16.0. The first-order valence-electron chi connectivity index (χ1n) is 19.1. The van der Waals surface area contributed by atoms with Gasteiger partial charge in [0.15, 0.2) is 11.6 Å². The largest absolute Gasteiger partial charge is 0.481 e. The van der Waals surface area contributed by atoms with Gasteiger partial charge in [-0.15, -0.1) is 0 Å². The molecule has 0 bridgehead atoms. The van der Waals surface area contributed by atoms with E-state index in [1.807, 2.05) is 38.1 Å². The second kappa shape index (κ2) is 17.7. The van der Waals surface area contributed by atoms with Gasteiger partial charge in [0.25, 0.3) is 17.1 Å². The number of piperazine rings is 1. The molecule has 2 aromatic carbocycles. The summed E-state index contributed by atoms with van der Waals surface area (Å²) in [6, 6.07) is 13.0. The molecule has 7 rings (SSSR count). The smallest absolute Gasteiger partial charge is 0.314 e. The minimum absolute atomic E-state index is 0.0359. The highest BCUT2D eigenvalue weighted by atomic mass is 32.2. The molecule has 2 fully saturated rings. The number of rotatable bonds is 16. The number of aromatic nitrogens is 3. The summed E-state index contributed by atoms with van der Waals surface area (Å²) in [5.41, 5.74) is 1.40. The minimum Gasteiger partial charge on any atom is -0.481 e. The molecule has 2 saturated heterocycles. The summed E-state index contributed by atoms with van der Waals surface area (Å²) in [6.07, 6.45) is 3.48. The molecule has 0 aliphatic carbocycles. The van der Waals surface area contributed by atoms with Gasteiger partial charge in [0.05, 0.1) is 18.7 Å². The highest BCUT2D eigenvalue weighted by Crippen LogP contribution is 2.33. The Balaban J connectivity index is 0.947. The number of hydrogen-bond acceptors (Lipinski definition) is 10. The van der Waals surface area contributed by atoms with Crippen molar-refractivity contribution < 1.29 is 45.9 Å². The molecule has 0 spiro atoms. The molecule has 2 aliphatic rings. The van der Waals surface area contributed by atoms with Crippen LogP contribution in [0.4, 0.5) is 24.5 Å². The Morgan fingerprint density at radius 2 is 1.81 bits per heavy atom. The van der Waals surface area contributed by atoms with Crippen LogP contribution in [0.3, 0.4) is 0 Å². The lowest BCUT2D eigenvalue weighted by atomic mass is 9.94. The van der Waals surface area contributed by atoms with Crippen molar-refractivity contribution in [3.8, 4) is 17.0 Å². The summed E-state index contributed by atoms with van der Waals surface area (Å²) in [7, 11) is 0. The molecule has 2 unspecified atom stereocenters. The molecular weight excluding hydrogens is 780 g/mol. The molecule has 5 aromatic rings. The SMILES string of the molecule is CC(C)C(C(=O)O)c1cc(OCCCCN2CCN(c3ccc(-c4cnc5[nH]cc(C(=O)c6c(F)ccc(N(N7CC[C@@H](F)C7)S(=O)O)c6F)c5c4)cc3)CC2)no1. The number of fused-ring (bicyclic) bond motifs is 1. The zero-order valence-electron chi connectivity index (χ0n) is 31.9. The topological polar surface area (TPSA) is 169 Å². The van der Waals surface area contributed by atoms with Gasteiger partial charge in [0.1, 0.15) is 29.2 Å². The van der Waals surface area contributed by atoms with Crippen molar-refractivity contribution in [2.75, 3.05) is 61.7 Å². The van der Waals surface area contributed by atoms with Crippen molar-refractivity contribution in [2.45, 2.75) is 45.2 Å². The van der Waals surface area contributed by atoms with Crippen molar-refractivity contribution >= 4 is 45.4 Å². The van der Waals surface area contributed by atoms with Gasteiger partial charge in [-0.05, 0) is 72.8 Å². The summed E-state index contributed by atoms with van der Waals surface area (Å²) < 4.78 is 78.8. The Kier molecular flexibility index (Phi) is 12.5. The third kappa shape index (κ3) is 8.74. The average Bonchev–Trinajstić information content (AvgIpc) is 3.96. The van der Waals surface area contributed by atoms with Crippen LogP contribution < -0.4 is 14.1 Å². The van der Waals surface area contributed by atoms with E-state index in [0.717, 1.165) is 74.0 Å². The Morgan fingerprint density at radius 1 is 1.05 bits per heavy atom. The van der Waals surface area contributed by atoms with Crippen LogP contribution >= 0.6 is 0 Å². The molecule has 14 nitrogen and oxygen atoms in total. The number of nitrogens with one attached hydrogen (secondary N) is 1. The summed E-state index contributed by atoms with van der Waals surface area (Å²) in [4.78, 5) is 37.4. The first-order valence-corrected chi connectivity index (χ1v) is 20.2. The van der Waals surface area contributed by atoms with E-state index in [4.69, 9.17) is 9.26 Å². The number of aromatic amines is 1. The Bertz CT molecular complexity index is 2280. The Morgan fingerprint density at radius 3 is 2.48 bits per heavy atom. The summed E-state index contributed by atoms with van der Waals surface area (Å²) in [5, 5.41) is 14.8. The second-order valence-corrected chi connectivity index (χ2v) is 15.6. The zero-order chi connectivity index (χ0) is 41.1. The number of ether oxygens (including phenoxy) is 1. The molecule has 5 heterocycles. The van der Waals surface area contributed by atoms with Crippen LogP contribution in [0.5, 0.6) is 5.88 Å². The highest BCUT2D eigenvalue weighted by Gasteiger charge is 2.34.